The Morgan fingerprint density at radius 2 is 1.87 bits per heavy atom. The molecule has 2 N–H and O–H groups in total. The van der Waals surface area contributed by atoms with Crippen molar-refractivity contribution >= 4 is 17.7 Å². The van der Waals surface area contributed by atoms with Crippen LogP contribution < -0.4 is 10.6 Å². The predicted octanol–water partition coefficient (Wildman–Crippen LogP) is 2.99. The maximum absolute atomic E-state index is 4.74. The molecular formula is C18H32N4S. The highest BCUT2D eigenvalue weighted by Crippen LogP contribution is 2.21. The molecule has 0 aromatic heterocycles. The third kappa shape index (κ3) is 7.27. The van der Waals surface area contributed by atoms with Gasteiger partial charge >= 0.3 is 0 Å². The van der Waals surface area contributed by atoms with E-state index in [-0.39, 0.29) is 4.75 Å². The Kier molecular flexibility index (Phi) is 8.48. The maximum atomic E-state index is 4.74. The van der Waals surface area contributed by atoms with Gasteiger partial charge in [0.15, 0.2) is 5.96 Å². The van der Waals surface area contributed by atoms with E-state index in [0.29, 0.717) is 6.04 Å². The number of rotatable bonds is 8. The summed E-state index contributed by atoms with van der Waals surface area (Å²) in [6.45, 7) is 9.01. The minimum absolute atomic E-state index is 0.155. The first-order valence-corrected chi connectivity index (χ1v) is 9.40. The van der Waals surface area contributed by atoms with Crippen molar-refractivity contribution in [3.05, 3.63) is 35.9 Å². The monoisotopic (exact) mass is 336 g/mol. The van der Waals surface area contributed by atoms with Crippen LogP contribution in [0.15, 0.2) is 35.3 Å². The molecule has 0 aliphatic heterocycles. The van der Waals surface area contributed by atoms with Crippen LogP contribution >= 0.6 is 11.8 Å². The molecule has 1 rings (SSSR count). The van der Waals surface area contributed by atoms with Gasteiger partial charge < -0.3 is 15.5 Å². The molecule has 0 heterocycles. The van der Waals surface area contributed by atoms with E-state index in [1.54, 1.807) is 0 Å². The van der Waals surface area contributed by atoms with E-state index in [1.165, 1.54) is 5.56 Å². The summed E-state index contributed by atoms with van der Waals surface area (Å²) >= 11 is 1.84. The number of benzene rings is 1. The van der Waals surface area contributed by atoms with Gasteiger partial charge in [0.1, 0.15) is 0 Å². The molecule has 0 bridgehead atoms. The number of guanidine groups is 1. The van der Waals surface area contributed by atoms with Crippen LogP contribution in [0, 0.1) is 0 Å². The Morgan fingerprint density at radius 3 is 2.39 bits per heavy atom. The molecule has 0 amide bonds. The minimum Gasteiger partial charge on any atom is -0.357 e. The highest BCUT2D eigenvalue weighted by molar-refractivity contribution is 7.99. The quantitative estimate of drug-likeness (QED) is 0.565. The summed E-state index contributed by atoms with van der Waals surface area (Å²) in [7, 11) is 4.22. The molecule has 0 aliphatic carbocycles. The molecule has 0 saturated heterocycles. The van der Waals surface area contributed by atoms with Crippen molar-refractivity contribution in [3.63, 3.8) is 0 Å². The fraction of sp³-hybridized carbons (Fsp3) is 0.611. The summed E-state index contributed by atoms with van der Waals surface area (Å²) in [6, 6.07) is 10.9. The number of thioether (sulfide) groups is 1. The summed E-state index contributed by atoms with van der Waals surface area (Å²) in [5.41, 5.74) is 1.31. The van der Waals surface area contributed by atoms with E-state index in [2.05, 4.69) is 87.0 Å². The standard InChI is InChI=1S/C18H32N4S/c1-7-19-17(21-14-18(2,3)23-6)20-13-16(22(4)5)15-11-9-8-10-12-15/h8-12,16H,7,13-14H2,1-6H3,(H2,19,20,21). The highest BCUT2D eigenvalue weighted by atomic mass is 32.2. The van der Waals surface area contributed by atoms with Crippen LogP contribution in [0.2, 0.25) is 0 Å². The molecule has 0 radical (unpaired) electrons. The van der Waals surface area contributed by atoms with Gasteiger partial charge in [-0.3, -0.25) is 4.99 Å². The van der Waals surface area contributed by atoms with Crippen molar-refractivity contribution in [3.8, 4) is 0 Å². The van der Waals surface area contributed by atoms with Crippen LogP contribution in [-0.4, -0.2) is 55.6 Å². The first kappa shape index (κ1) is 19.8. The van der Waals surface area contributed by atoms with Crippen molar-refractivity contribution in [1.29, 1.82) is 0 Å². The average molecular weight is 337 g/mol. The lowest BCUT2D eigenvalue weighted by Crippen LogP contribution is -2.42. The Balaban J connectivity index is 2.73. The molecule has 130 valence electrons. The lowest BCUT2D eigenvalue weighted by atomic mass is 10.1. The Morgan fingerprint density at radius 1 is 1.22 bits per heavy atom. The first-order valence-electron chi connectivity index (χ1n) is 8.18. The van der Waals surface area contributed by atoms with Crippen molar-refractivity contribution in [2.75, 3.05) is 40.0 Å². The van der Waals surface area contributed by atoms with E-state index < -0.39 is 0 Å². The Hall–Kier alpha value is -1.20. The zero-order valence-corrected chi connectivity index (χ0v) is 16.2. The van der Waals surface area contributed by atoms with Gasteiger partial charge in [-0.1, -0.05) is 30.3 Å². The van der Waals surface area contributed by atoms with Crippen molar-refractivity contribution < 1.29 is 0 Å². The minimum atomic E-state index is 0.155. The van der Waals surface area contributed by atoms with E-state index >= 15 is 0 Å². The molecule has 4 nitrogen and oxygen atoms in total. The third-order valence-corrected chi connectivity index (χ3v) is 5.02. The largest absolute Gasteiger partial charge is 0.357 e. The van der Waals surface area contributed by atoms with Gasteiger partial charge in [0.05, 0.1) is 12.6 Å². The summed E-state index contributed by atoms with van der Waals surface area (Å²) in [4.78, 5) is 6.97. The lowest BCUT2D eigenvalue weighted by molar-refractivity contribution is 0.298. The molecule has 0 spiro atoms. The SMILES string of the molecule is CCNC(=NCC(C)(C)SC)NCC(c1ccccc1)N(C)C. The van der Waals surface area contributed by atoms with Gasteiger partial charge in [0.2, 0.25) is 0 Å². The molecule has 0 saturated carbocycles. The predicted molar refractivity (Wildman–Crippen MR) is 104 cm³/mol. The summed E-state index contributed by atoms with van der Waals surface area (Å²) < 4.78 is 0.155. The second-order valence-electron chi connectivity index (χ2n) is 6.43. The number of hydrogen-bond acceptors (Lipinski definition) is 3. The lowest BCUT2D eigenvalue weighted by Gasteiger charge is -2.26. The number of hydrogen-bond donors (Lipinski definition) is 2. The summed E-state index contributed by atoms with van der Waals surface area (Å²) in [5, 5.41) is 6.82. The molecule has 1 aromatic carbocycles. The van der Waals surface area contributed by atoms with E-state index in [0.717, 1.165) is 25.6 Å². The van der Waals surface area contributed by atoms with E-state index in [9.17, 15) is 0 Å². The van der Waals surface area contributed by atoms with Crippen LogP contribution in [0.5, 0.6) is 0 Å². The molecular weight excluding hydrogens is 304 g/mol. The zero-order chi connectivity index (χ0) is 17.3. The van der Waals surface area contributed by atoms with Gasteiger partial charge in [-0.15, -0.1) is 0 Å². The molecule has 1 atom stereocenters. The van der Waals surface area contributed by atoms with Crippen molar-refractivity contribution in [2.24, 2.45) is 4.99 Å². The number of nitrogens with zero attached hydrogens (tertiary/aromatic N) is 2. The van der Waals surface area contributed by atoms with Crippen LogP contribution in [-0.2, 0) is 0 Å². The summed E-state index contributed by atoms with van der Waals surface area (Å²) in [5.74, 6) is 0.886. The first-order chi connectivity index (χ1) is 10.9. The maximum Gasteiger partial charge on any atom is 0.191 e. The molecule has 1 unspecified atom stereocenters. The molecule has 1 aromatic rings. The fourth-order valence-corrected chi connectivity index (χ4v) is 2.34. The molecule has 23 heavy (non-hydrogen) atoms. The fourth-order valence-electron chi connectivity index (χ4n) is 2.14. The zero-order valence-electron chi connectivity index (χ0n) is 15.4. The van der Waals surface area contributed by atoms with Gasteiger partial charge in [-0.05, 0) is 46.7 Å². The van der Waals surface area contributed by atoms with Crippen LogP contribution in [0.1, 0.15) is 32.4 Å². The second kappa shape index (κ2) is 9.83. The number of nitrogens with one attached hydrogen (secondary N) is 2. The molecule has 0 aliphatic rings. The second-order valence-corrected chi connectivity index (χ2v) is 7.94. The van der Waals surface area contributed by atoms with Gasteiger partial charge in [-0.25, -0.2) is 0 Å². The Bertz CT molecular complexity index is 471. The topological polar surface area (TPSA) is 39.7 Å². The average Bonchev–Trinajstić information content (AvgIpc) is 2.53. The van der Waals surface area contributed by atoms with Crippen molar-refractivity contribution in [2.45, 2.75) is 31.6 Å². The van der Waals surface area contributed by atoms with Crippen molar-refractivity contribution in [1.82, 2.24) is 15.5 Å². The normalized spacial score (nSPS) is 14.0. The molecule has 5 heteroatoms. The molecule has 0 fully saturated rings. The summed E-state index contributed by atoms with van der Waals surface area (Å²) in [6.07, 6.45) is 2.13. The van der Waals surface area contributed by atoms with Crippen LogP contribution in [0.4, 0.5) is 0 Å². The Labute approximate surface area is 146 Å². The van der Waals surface area contributed by atoms with Crippen LogP contribution in [0.25, 0.3) is 0 Å². The highest BCUT2D eigenvalue weighted by Gasteiger charge is 2.17. The van der Waals surface area contributed by atoms with E-state index in [1.807, 2.05) is 11.8 Å². The smallest absolute Gasteiger partial charge is 0.191 e. The van der Waals surface area contributed by atoms with Gasteiger partial charge in [0, 0.05) is 17.8 Å². The van der Waals surface area contributed by atoms with Crippen LogP contribution in [0.3, 0.4) is 0 Å². The van der Waals surface area contributed by atoms with Gasteiger partial charge in [-0.2, -0.15) is 11.8 Å². The van der Waals surface area contributed by atoms with E-state index in [4.69, 9.17) is 4.99 Å². The third-order valence-electron chi connectivity index (χ3n) is 3.79. The van der Waals surface area contributed by atoms with Gasteiger partial charge in [0.25, 0.3) is 0 Å². The number of aliphatic imine (C=N–C) groups is 1. The number of likely N-dealkylation sites (N-methyl/N-ethyl adjacent to an activating group) is 1.